The van der Waals surface area contributed by atoms with Crippen molar-refractivity contribution in [2.75, 3.05) is 6.61 Å². The van der Waals surface area contributed by atoms with Gasteiger partial charge in [-0.25, -0.2) is 0 Å². The molecule has 47 heavy (non-hydrogen) atoms. The highest BCUT2D eigenvalue weighted by atomic mass is 16.7. The topological polar surface area (TPSA) is 155 Å². The number of hydrogen-bond acceptors (Lipinski definition) is 10. The number of hydrogen-bond donors (Lipinski definition) is 5. The van der Waals surface area contributed by atoms with Gasteiger partial charge in [0.15, 0.2) is 12.4 Å². The monoisotopic (exact) mass is 664 g/mol. The first-order chi connectivity index (χ1) is 21.8. The van der Waals surface area contributed by atoms with Gasteiger partial charge in [0.1, 0.15) is 18.3 Å². The first kappa shape index (κ1) is 34.6. The summed E-state index contributed by atoms with van der Waals surface area (Å²) in [5.41, 5.74) is -1.61. The molecule has 5 aliphatic carbocycles. The van der Waals surface area contributed by atoms with Crippen LogP contribution in [0.4, 0.5) is 0 Å². The summed E-state index contributed by atoms with van der Waals surface area (Å²) in [6, 6.07) is 0. The highest BCUT2D eigenvalue weighted by Gasteiger charge is 2.84. The fourth-order valence-electron chi connectivity index (χ4n) is 13.7. The predicted molar refractivity (Wildman–Crippen MR) is 171 cm³/mol. The van der Waals surface area contributed by atoms with Gasteiger partial charge in [0.05, 0.1) is 36.6 Å². The molecule has 2 spiro atoms. The van der Waals surface area contributed by atoms with E-state index in [1.54, 1.807) is 13.8 Å². The second-order valence-electron chi connectivity index (χ2n) is 18.6. The molecular formula is C37H60O10. The van der Waals surface area contributed by atoms with Crippen LogP contribution in [0, 0.1) is 50.7 Å². The molecule has 0 bridgehead atoms. The number of carbonyl (C=O) groups is 1. The van der Waals surface area contributed by atoms with Crippen LogP contribution < -0.4 is 0 Å². The molecule has 5 N–H and O–H groups in total. The summed E-state index contributed by atoms with van der Waals surface area (Å²) >= 11 is 0. The van der Waals surface area contributed by atoms with Crippen LogP contribution in [0.25, 0.3) is 0 Å². The van der Waals surface area contributed by atoms with E-state index in [2.05, 4.69) is 34.6 Å². The van der Waals surface area contributed by atoms with Gasteiger partial charge in [0.2, 0.25) is 0 Å². The molecule has 0 amide bonds. The molecule has 7 aliphatic rings. The van der Waals surface area contributed by atoms with E-state index in [1.165, 1.54) is 13.3 Å². The van der Waals surface area contributed by atoms with Crippen LogP contribution in [0.1, 0.15) is 107 Å². The normalized spacial score (nSPS) is 55.4. The van der Waals surface area contributed by atoms with Crippen molar-refractivity contribution in [3.63, 3.8) is 0 Å². The third kappa shape index (κ3) is 4.54. The molecular weight excluding hydrogens is 604 g/mol. The molecule has 0 aromatic rings. The Kier molecular flexibility index (Phi) is 7.97. The van der Waals surface area contributed by atoms with Crippen LogP contribution in [0.3, 0.4) is 0 Å². The van der Waals surface area contributed by atoms with E-state index in [1.807, 2.05) is 0 Å². The highest BCUT2D eigenvalue weighted by molar-refractivity contribution is 5.66. The summed E-state index contributed by atoms with van der Waals surface area (Å²) in [5, 5.41) is 54.3. The number of rotatable bonds is 5. The van der Waals surface area contributed by atoms with Gasteiger partial charge in [-0.05, 0) is 111 Å². The zero-order valence-corrected chi connectivity index (χ0v) is 29.6. The molecule has 2 saturated heterocycles. The summed E-state index contributed by atoms with van der Waals surface area (Å²) in [6.07, 6.45) is 0.712. The first-order valence-corrected chi connectivity index (χ1v) is 18.3. The Balaban J connectivity index is 1.14. The fourth-order valence-corrected chi connectivity index (χ4v) is 13.7. The number of esters is 1. The van der Waals surface area contributed by atoms with Gasteiger partial charge >= 0.3 is 5.97 Å². The van der Waals surface area contributed by atoms with Crippen molar-refractivity contribution in [1.82, 2.24) is 0 Å². The predicted octanol–water partition coefficient (Wildman–Crippen LogP) is 3.33. The number of carbonyl (C=O) groups excluding carboxylic acids is 1. The minimum absolute atomic E-state index is 0.0683. The summed E-state index contributed by atoms with van der Waals surface area (Å²) in [7, 11) is 0. The van der Waals surface area contributed by atoms with Crippen molar-refractivity contribution in [2.24, 2.45) is 50.7 Å². The third-order valence-electron chi connectivity index (χ3n) is 15.8. The van der Waals surface area contributed by atoms with Gasteiger partial charge in [-0.1, -0.05) is 34.6 Å². The Morgan fingerprint density at radius 3 is 2.26 bits per heavy atom. The minimum atomic E-state index is -1.30. The Morgan fingerprint density at radius 1 is 0.936 bits per heavy atom. The lowest BCUT2D eigenvalue weighted by Gasteiger charge is -2.64. The molecule has 17 atom stereocenters. The Labute approximate surface area is 279 Å². The van der Waals surface area contributed by atoms with Gasteiger partial charge in [-0.3, -0.25) is 4.79 Å². The Bertz CT molecular complexity index is 1250. The van der Waals surface area contributed by atoms with Crippen molar-refractivity contribution in [3.8, 4) is 0 Å². The van der Waals surface area contributed by atoms with Gasteiger partial charge in [-0.2, -0.15) is 0 Å². The van der Waals surface area contributed by atoms with Crippen LogP contribution in [-0.2, 0) is 23.7 Å². The fraction of sp³-hybridized carbons (Fsp3) is 0.973. The standard InChI is InChI=1S/C37H60O10/c1-18-15-21(30(33(5,6)43)45-19(2)38)46-28-25(18)34(7)13-14-37-17-36(37)12-11-24(47-31-27(41)26(40)20(39)16-44-31)32(3,4)22(36)9-10-23(37)35(34,8)29(28)42/h18,20-31,39-43H,9-17H2,1-8H3/t18-,20?,21-,22+,23+,24+,25+,26+,27-,28+,29+,30+,31+,34-,35-,36-,37+/m1/s1. The zero-order valence-electron chi connectivity index (χ0n) is 29.6. The van der Waals surface area contributed by atoms with Crippen LogP contribution >= 0.6 is 0 Å². The van der Waals surface area contributed by atoms with Crippen LogP contribution in [0.15, 0.2) is 0 Å². The number of aliphatic hydroxyl groups is 5. The third-order valence-corrected chi connectivity index (χ3v) is 15.8. The quantitative estimate of drug-likeness (QED) is 0.218. The largest absolute Gasteiger partial charge is 0.457 e. The van der Waals surface area contributed by atoms with E-state index in [0.29, 0.717) is 18.3 Å². The van der Waals surface area contributed by atoms with Crippen LogP contribution in [0.2, 0.25) is 0 Å². The van der Waals surface area contributed by atoms with E-state index in [9.17, 15) is 30.3 Å². The van der Waals surface area contributed by atoms with Crippen molar-refractivity contribution in [1.29, 1.82) is 0 Å². The molecule has 7 rings (SSSR count). The molecule has 7 fully saturated rings. The highest BCUT2D eigenvalue weighted by Crippen LogP contribution is 2.89. The van der Waals surface area contributed by atoms with Gasteiger partial charge in [0.25, 0.3) is 0 Å². The van der Waals surface area contributed by atoms with Crippen molar-refractivity contribution in [2.45, 2.75) is 167 Å². The minimum Gasteiger partial charge on any atom is -0.457 e. The van der Waals surface area contributed by atoms with Crippen LogP contribution in [0.5, 0.6) is 0 Å². The average molecular weight is 665 g/mol. The number of fused-ring (bicyclic) bond motifs is 4. The van der Waals surface area contributed by atoms with Gasteiger partial charge in [-0.15, -0.1) is 0 Å². The lowest BCUT2D eigenvalue weighted by atomic mass is 9.41. The summed E-state index contributed by atoms with van der Waals surface area (Å²) in [6.45, 7) is 16.2. The van der Waals surface area contributed by atoms with Gasteiger partial charge in [0, 0.05) is 12.3 Å². The number of aliphatic hydroxyl groups excluding tert-OH is 4. The molecule has 0 radical (unpaired) electrons. The molecule has 1 unspecified atom stereocenters. The van der Waals surface area contributed by atoms with Crippen LogP contribution in [-0.4, -0.2) is 98.8 Å². The molecule has 10 heteroatoms. The molecule has 0 aromatic heterocycles. The molecule has 2 heterocycles. The summed E-state index contributed by atoms with van der Waals surface area (Å²) < 4.78 is 24.6. The molecule has 10 nitrogen and oxygen atoms in total. The van der Waals surface area contributed by atoms with E-state index < -0.39 is 60.6 Å². The molecule has 5 saturated carbocycles. The summed E-state index contributed by atoms with van der Waals surface area (Å²) in [4.78, 5) is 12.1. The van der Waals surface area contributed by atoms with Crippen molar-refractivity contribution >= 4 is 5.97 Å². The van der Waals surface area contributed by atoms with Crippen molar-refractivity contribution < 1.29 is 49.3 Å². The molecule has 268 valence electrons. The average Bonchev–Trinajstić information content (AvgIpc) is 3.61. The van der Waals surface area contributed by atoms with E-state index >= 15 is 0 Å². The maximum atomic E-state index is 12.5. The maximum Gasteiger partial charge on any atom is 0.303 e. The molecule has 0 aromatic carbocycles. The lowest BCUT2D eigenvalue weighted by Crippen LogP contribution is -2.61. The Morgan fingerprint density at radius 2 is 1.60 bits per heavy atom. The zero-order chi connectivity index (χ0) is 34.3. The second-order valence-corrected chi connectivity index (χ2v) is 18.6. The second kappa shape index (κ2) is 10.8. The smallest absolute Gasteiger partial charge is 0.303 e. The molecule has 2 aliphatic heterocycles. The van der Waals surface area contributed by atoms with Gasteiger partial charge < -0.3 is 44.5 Å². The SMILES string of the molecule is CC(=O)O[C@@H]([C@H]1C[C@@H](C)[C@H]2[C@H](O1)[C@H](O)[C@@]1(C)[C@@H]3CC[C@H]4C(C)(C)[C@@H](O[C@@H]5OCC(O)[C@H](O)[C@H]5O)CC[C@@]45C[C@@]35CC[C@]21C)C(C)(C)O. The van der Waals surface area contributed by atoms with E-state index in [0.717, 1.165) is 38.5 Å². The Hall–Kier alpha value is -0.850. The summed E-state index contributed by atoms with van der Waals surface area (Å²) in [5.74, 6) is 0.717. The van der Waals surface area contributed by atoms with E-state index in [4.69, 9.17) is 18.9 Å². The van der Waals surface area contributed by atoms with E-state index in [-0.39, 0.29) is 51.6 Å². The number of ether oxygens (including phenoxy) is 4. The van der Waals surface area contributed by atoms with Crippen molar-refractivity contribution in [3.05, 3.63) is 0 Å². The maximum absolute atomic E-state index is 12.5. The lowest BCUT2D eigenvalue weighted by molar-refractivity contribution is -0.303. The first-order valence-electron chi connectivity index (χ1n) is 18.3.